The molecule has 9 heteroatoms. The van der Waals surface area contributed by atoms with E-state index in [0.29, 0.717) is 12.4 Å². The molecule has 1 N–H and O–H groups in total. The van der Waals surface area contributed by atoms with Crippen LogP contribution in [0.2, 0.25) is 0 Å². The van der Waals surface area contributed by atoms with E-state index in [-0.39, 0.29) is 6.42 Å². The molecule has 0 unspecified atom stereocenters. The number of benzene rings is 2. The molecule has 2 heterocycles. The number of carboxylic acid groups (broad SMARTS) is 1. The molecule has 2 aromatic heterocycles. The molecule has 0 aliphatic heterocycles. The Morgan fingerprint density at radius 1 is 1.13 bits per heavy atom. The molecule has 0 fully saturated rings. The van der Waals surface area contributed by atoms with Gasteiger partial charge in [-0.05, 0) is 40.1 Å². The molecule has 0 bridgehead atoms. The van der Waals surface area contributed by atoms with Crippen molar-refractivity contribution in [2.45, 2.75) is 39.2 Å². The Kier molecular flexibility index (Phi) is 6.11. The summed E-state index contributed by atoms with van der Waals surface area (Å²) in [5.41, 5.74) is 3.94. The Labute approximate surface area is 179 Å². The molecule has 0 spiro atoms. The van der Waals surface area contributed by atoms with Crippen molar-refractivity contribution in [3.05, 3.63) is 72.1 Å². The summed E-state index contributed by atoms with van der Waals surface area (Å²) in [6.07, 6.45) is 4.15. The van der Waals surface area contributed by atoms with Crippen molar-refractivity contribution in [2.75, 3.05) is 0 Å². The molecule has 0 aliphatic carbocycles. The molecule has 2 aromatic carbocycles. The SMILES string of the molecule is CCCCc1nc(CC(=O)O)nn1Cc1ccc(-n2cnnn2)c(-c2ccccc2)c1. The van der Waals surface area contributed by atoms with Crippen molar-refractivity contribution < 1.29 is 9.90 Å². The van der Waals surface area contributed by atoms with Gasteiger partial charge in [0.05, 0.1) is 12.2 Å². The van der Waals surface area contributed by atoms with Crippen molar-refractivity contribution in [1.29, 1.82) is 0 Å². The molecular formula is C22H23N7O2. The number of carboxylic acids is 1. The number of hydrogen-bond donors (Lipinski definition) is 1. The summed E-state index contributed by atoms with van der Waals surface area (Å²) in [6.45, 7) is 2.62. The molecule has 0 atom stereocenters. The second kappa shape index (κ2) is 9.29. The van der Waals surface area contributed by atoms with Gasteiger partial charge in [-0.15, -0.1) is 5.10 Å². The van der Waals surface area contributed by atoms with E-state index in [1.165, 1.54) is 0 Å². The molecule has 158 valence electrons. The number of aryl methyl sites for hydroxylation is 1. The van der Waals surface area contributed by atoms with Crippen LogP contribution >= 0.6 is 0 Å². The smallest absolute Gasteiger partial charge is 0.311 e. The highest BCUT2D eigenvalue weighted by atomic mass is 16.4. The number of tetrazole rings is 1. The van der Waals surface area contributed by atoms with Gasteiger partial charge >= 0.3 is 5.97 Å². The van der Waals surface area contributed by atoms with E-state index in [9.17, 15) is 4.79 Å². The maximum absolute atomic E-state index is 11.1. The van der Waals surface area contributed by atoms with Crippen molar-refractivity contribution in [3.63, 3.8) is 0 Å². The van der Waals surface area contributed by atoms with Crippen LogP contribution in [0.3, 0.4) is 0 Å². The van der Waals surface area contributed by atoms with E-state index in [0.717, 1.165) is 47.5 Å². The predicted octanol–water partition coefficient (Wildman–Crippen LogP) is 2.94. The van der Waals surface area contributed by atoms with Crippen LogP contribution in [-0.2, 0) is 24.2 Å². The van der Waals surface area contributed by atoms with Crippen LogP contribution in [0.5, 0.6) is 0 Å². The van der Waals surface area contributed by atoms with Gasteiger partial charge in [-0.2, -0.15) is 9.78 Å². The van der Waals surface area contributed by atoms with Crippen LogP contribution in [0.1, 0.15) is 37.0 Å². The molecule has 4 rings (SSSR count). The molecule has 0 saturated carbocycles. The summed E-state index contributed by atoms with van der Waals surface area (Å²) in [5, 5.41) is 25.1. The van der Waals surface area contributed by atoms with Crippen molar-refractivity contribution >= 4 is 5.97 Å². The summed E-state index contributed by atoms with van der Waals surface area (Å²) in [4.78, 5) is 15.6. The van der Waals surface area contributed by atoms with Crippen molar-refractivity contribution in [3.8, 4) is 16.8 Å². The molecule has 0 saturated heterocycles. The van der Waals surface area contributed by atoms with Gasteiger partial charge in [0.2, 0.25) is 0 Å². The molecule has 0 amide bonds. The molecule has 0 aliphatic rings. The Morgan fingerprint density at radius 3 is 2.68 bits per heavy atom. The van der Waals surface area contributed by atoms with Gasteiger partial charge in [-0.1, -0.05) is 49.7 Å². The summed E-state index contributed by atoms with van der Waals surface area (Å²) in [6, 6.07) is 16.1. The second-order valence-corrected chi connectivity index (χ2v) is 7.25. The Morgan fingerprint density at radius 2 is 1.97 bits per heavy atom. The molecule has 9 nitrogen and oxygen atoms in total. The normalized spacial score (nSPS) is 11.0. The quantitative estimate of drug-likeness (QED) is 0.446. The Hall–Kier alpha value is -3.88. The van der Waals surface area contributed by atoms with E-state index in [4.69, 9.17) is 5.11 Å². The average molecular weight is 417 g/mol. The zero-order valence-electron chi connectivity index (χ0n) is 17.2. The van der Waals surface area contributed by atoms with Crippen molar-refractivity contribution in [1.82, 2.24) is 35.0 Å². The van der Waals surface area contributed by atoms with Gasteiger partial charge in [0.25, 0.3) is 0 Å². The number of hydrogen-bond acceptors (Lipinski definition) is 6. The first-order valence-electron chi connectivity index (χ1n) is 10.2. The van der Waals surface area contributed by atoms with E-state index in [1.54, 1.807) is 11.0 Å². The van der Waals surface area contributed by atoms with Crippen molar-refractivity contribution in [2.24, 2.45) is 0 Å². The van der Waals surface area contributed by atoms with Crippen LogP contribution in [0.15, 0.2) is 54.9 Å². The van der Waals surface area contributed by atoms with E-state index in [1.807, 2.05) is 47.1 Å². The fourth-order valence-electron chi connectivity index (χ4n) is 3.46. The van der Waals surface area contributed by atoms with Crippen LogP contribution in [0.4, 0.5) is 0 Å². The third-order valence-electron chi connectivity index (χ3n) is 4.93. The monoisotopic (exact) mass is 417 g/mol. The van der Waals surface area contributed by atoms with Gasteiger partial charge in [-0.3, -0.25) is 4.79 Å². The number of rotatable bonds is 9. The average Bonchev–Trinajstić information content (AvgIpc) is 3.43. The number of nitrogens with zero attached hydrogens (tertiary/aromatic N) is 7. The minimum atomic E-state index is -0.934. The predicted molar refractivity (Wildman–Crippen MR) is 114 cm³/mol. The highest BCUT2D eigenvalue weighted by molar-refractivity contribution is 5.73. The second-order valence-electron chi connectivity index (χ2n) is 7.25. The topological polar surface area (TPSA) is 112 Å². The van der Waals surface area contributed by atoms with Gasteiger partial charge in [0.1, 0.15) is 18.6 Å². The zero-order valence-corrected chi connectivity index (χ0v) is 17.2. The largest absolute Gasteiger partial charge is 0.481 e. The molecule has 31 heavy (non-hydrogen) atoms. The standard InChI is InChI=1S/C22H23N7O2/c1-2-3-9-21-24-20(13-22(30)31)25-28(21)14-16-10-11-19(29-15-23-26-27-29)18(12-16)17-7-5-4-6-8-17/h4-8,10-12,15H,2-3,9,13-14H2,1H3,(H,30,31). The number of unbranched alkanes of at least 4 members (excludes halogenated alkanes) is 1. The lowest BCUT2D eigenvalue weighted by molar-refractivity contribution is -0.136. The lowest BCUT2D eigenvalue weighted by atomic mass is 10.0. The minimum Gasteiger partial charge on any atom is -0.481 e. The fraction of sp³-hybridized carbons (Fsp3) is 0.273. The van der Waals surface area contributed by atoms with Gasteiger partial charge in [-0.25, -0.2) is 9.67 Å². The first-order chi connectivity index (χ1) is 15.1. The Balaban J connectivity index is 1.71. The summed E-state index contributed by atoms with van der Waals surface area (Å²) >= 11 is 0. The molecule has 4 aromatic rings. The zero-order chi connectivity index (χ0) is 21.6. The number of aromatic nitrogens is 7. The molecule has 0 radical (unpaired) electrons. The number of aliphatic carboxylic acids is 1. The maximum atomic E-state index is 11.1. The Bertz CT molecular complexity index is 1150. The summed E-state index contributed by atoms with van der Waals surface area (Å²) < 4.78 is 3.45. The minimum absolute atomic E-state index is 0.181. The van der Waals surface area contributed by atoms with Crippen LogP contribution in [0.25, 0.3) is 16.8 Å². The molecular weight excluding hydrogens is 394 g/mol. The van der Waals surface area contributed by atoms with E-state index >= 15 is 0 Å². The van der Waals surface area contributed by atoms with Crippen LogP contribution in [-0.4, -0.2) is 46.0 Å². The lowest BCUT2D eigenvalue weighted by Gasteiger charge is -2.12. The summed E-state index contributed by atoms with van der Waals surface area (Å²) in [7, 11) is 0. The van der Waals surface area contributed by atoms with Gasteiger partial charge < -0.3 is 5.11 Å². The number of carbonyl (C=O) groups is 1. The van der Waals surface area contributed by atoms with Gasteiger partial charge in [0.15, 0.2) is 5.82 Å². The third kappa shape index (κ3) is 4.82. The van der Waals surface area contributed by atoms with E-state index in [2.05, 4.69) is 38.6 Å². The highest BCUT2D eigenvalue weighted by Gasteiger charge is 2.15. The van der Waals surface area contributed by atoms with Crippen LogP contribution in [0, 0.1) is 0 Å². The maximum Gasteiger partial charge on any atom is 0.311 e. The summed E-state index contributed by atoms with van der Waals surface area (Å²) in [5.74, 6) is 0.215. The van der Waals surface area contributed by atoms with Crippen LogP contribution < -0.4 is 0 Å². The highest BCUT2D eigenvalue weighted by Crippen LogP contribution is 2.28. The fourth-order valence-corrected chi connectivity index (χ4v) is 3.46. The first-order valence-corrected chi connectivity index (χ1v) is 10.2. The van der Waals surface area contributed by atoms with E-state index < -0.39 is 5.97 Å². The lowest BCUT2D eigenvalue weighted by Crippen LogP contribution is -2.08. The third-order valence-corrected chi connectivity index (χ3v) is 4.93. The first kappa shape index (κ1) is 20.4. The van der Waals surface area contributed by atoms with Gasteiger partial charge in [0, 0.05) is 12.0 Å².